The second kappa shape index (κ2) is 4.51. The van der Waals surface area contributed by atoms with E-state index >= 15 is 0 Å². The highest BCUT2D eigenvalue weighted by molar-refractivity contribution is 9.10. The molecule has 0 N–H and O–H groups in total. The minimum Gasteiger partial charge on any atom is -0.199 e. The van der Waals surface area contributed by atoms with Gasteiger partial charge in [0.05, 0.1) is 10.6 Å². The van der Waals surface area contributed by atoms with Crippen LogP contribution in [0.1, 0.15) is 16.8 Å². The maximum absolute atomic E-state index is 12.4. The van der Waals surface area contributed by atoms with Crippen LogP contribution >= 0.6 is 15.9 Å². The van der Waals surface area contributed by atoms with Crippen LogP contribution in [0.25, 0.3) is 0 Å². The molecular formula is C12H13BrN2O2S. The summed E-state index contributed by atoms with van der Waals surface area (Å²) in [6.07, 6.45) is 1.46. The maximum atomic E-state index is 12.4. The highest BCUT2D eigenvalue weighted by atomic mass is 79.9. The number of benzene rings is 1. The predicted molar refractivity (Wildman–Crippen MR) is 73.2 cm³/mol. The maximum Gasteiger partial charge on any atom is 0.283 e. The fourth-order valence-corrected chi connectivity index (χ4v) is 3.57. The molecule has 2 aromatic rings. The molecule has 0 atom stereocenters. The molecule has 18 heavy (non-hydrogen) atoms. The molecule has 1 aromatic carbocycles. The second-order valence-corrected chi connectivity index (χ2v) is 6.82. The molecule has 0 saturated carbocycles. The molecule has 0 unspecified atom stereocenters. The normalized spacial score (nSPS) is 11.8. The molecule has 2 rings (SSSR count). The minimum absolute atomic E-state index is 0.284. The van der Waals surface area contributed by atoms with Crippen molar-refractivity contribution in [2.75, 3.05) is 0 Å². The van der Waals surface area contributed by atoms with E-state index in [1.807, 2.05) is 6.92 Å². The second-order valence-electron chi connectivity index (χ2n) is 4.20. The van der Waals surface area contributed by atoms with Crippen LogP contribution in [0.5, 0.6) is 0 Å². The molecule has 96 valence electrons. The summed E-state index contributed by atoms with van der Waals surface area (Å²) < 4.78 is 26.7. The van der Waals surface area contributed by atoms with Crippen LogP contribution in [0.4, 0.5) is 0 Å². The molecule has 0 aliphatic carbocycles. The molecule has 0 radical (unpaired) electrons. The van der Waals surface area contributed by atoms with Gasteiger partial charge >= 0.3 is 0 Å². The monoisotopic (exact) mass is 328 g/mol. The van der Waals surface area contributed by atoms with E-state index in [1.165, 1.54) is 6.20 Å². The zero-order valence-electron chi connectivity index (χ0n) is 10.3. The first kappa shape index (κ1) is 13.3. The van der Waals surface area contributed by atoms with Gasteiger partial charge in [-0.3, -0.25) is 0 Å². The first-order valence-electron chi connectivity index (χ1n) is 5.37. The lowest BCUT2D eigenvalue weighted by molar-refractivity contribution is 0.579. The van der Waals surface area contributed by atoms with E-state index in [-0.39, 0.29) is 4.90 Å². The van der Waals surface area contributed by atoms with Gasteiger partial charge in [-0.15, -0.1) is 0 Å². The highest BCUT2D eigenvalue weighted by Crippen LogP contribution is 2.25. The van der Waals surface area contributed by atoms with Crippen LogP contribution < -0.4 is 0 Å². The number of rotatable bonds is 2. The van der Waals surface area contributed by atoms with E-state index in [0.29, 0.717) is 11.3 Å². The topological polar surface area (TPSA) is 52.0 Å². The Morgan fingerprint density at radius 1 is 1.17 bits per heavy atom. The third kappa shape index (κ3) is 2.22. The van der Waals surface area contributed by atoms with Crippen molar-refractivity contribution in [3.05, 3.63) is 45.7 Å². The molecule has 0 bridgehead atoms. The fraction of sp³-hybridized carbons (Fsp3) is 0.250. The van der Waals surface area contributed by atoms with Gasteiger partial charge < -0.3 is 0 Å². The van der Waals surface area contributed by atoms with E-state index in [2.05, 4.69) is 21.0 Å². The molecular weight excluding hydrogens is 316 g/mol. The van der Waals surface area contributed by atoms with Gasteiger partial charge in [0.2, 0.25) is 0 Å². The summed E-state index contributed by atoms with van der Waals surface area (Å²) in [4.78, 5) is 0.284. The molecule has 0 fully saturated rings. The van der Waals surface area contributed by atoms with Gasteiger partial charge in [-0.25, -0.2) is 0 Å². The molecule has 1 heterocycles. The Labute approximate surface area is 115 Å². The first-order valence-corrected chi connectivity index (χ1v) is 7.60. The van der Waals surface area contributed by atoms with Crippen molar-refractivity contribution in [3.8, 4) is 0 Å². The Bertz CT molecular complexity index is 705. The van der Waals surface area contributed by atoms with E-state index in [1.54, 1.807) is 32.0 Å². The Balaban J connectivity index is 2.65. The summed E-state index contributed by atoms with van der Waals surface area (Å²) in [6, 6.07) is 5.13. The van der Waals surface area contributed by atoms with Crippen molar-refractivity contribution < 1.29 is 8.42 Å². The van der Waals surface area contributed by atoms with Gasteiger partial charge in [-0.1, -0.05) is 15.9 Å². The molecule has 0 saturated heterocycles. The number of halogens is 1. The third-order valence-electron chi connectivity index (χ3n) is 2.68. The van der Waals surface area contributed by atoms with Crippen molar-refractivity contribution >= 4 is 26.0 Å². The Kier molecular flexibility index (Phi) is 3.33. The Morgan fingerprint density at radius 3 is 2.39 bits per heavy atom. The SMILES string of the molecule is Cc1ccn(S(=O)(=O)c2cc(C)c(Br)cc2C)n1. The summed E-state index contributed by atoms with van der Waals surface area (Å²) in [5, 5.41) is 3.97. The molecule has 0 amide bonds. The van der Waals surface area contributed by atoms with Crippen molar-refractivity contribution in [2.45, 2.75) is 25.7 Å². The van der Waals surface area contributed by atoms with Gasteiger partial charge in [-0.05, 0) is 50.1 Å². The van der Waals surface area contributed by atoms with Gasteiger partial charge in [-0.2, -0.15) is 17.6 Å². The standard InChI is InChI=1S/C12H13BrN2O2S/c1-8-7-12(9(2)6-11(8)13)18(16,17)15-5-4-10(3)14-15/h4-7H,1-3H3. The summed E-state index contributed by atoms with van der Waals surface area (Å²) >= 11 is 3.39. The summed E-state index contributed by atoms with van der Waals surface area (Å²) in [5.41, 5.74) is 2.24. The average Bonchev–Trinajstić information content (AvgIpc) is 2.70. The van der Waals surface area contributed by atoms with Crippen molar-refractivity contribution in [1.29, 1.82) is 0 Å². The third-order valence-corrected chi connectivity index (χ3v) is 5.23. The van der Waals surface area contributed by atoms with Crippen LogP contribution in [0.3, 0.4) is 0 Å². The van der Waals surface area contributed by atoms with Crippen LogP contribution in [-0.4, -0.2) is 17.6 Å². The predicted octanol–water partition coefficient (Wildman–Crippen LogP) is 2.81. The largest absolute Gasteiger partial charge is 0.283 e. The minimum atomic E-state index is -3.60. The van der Waals surface area contributed by atoms with Gasteiger partial charge in [0.15, 0.2) is 0 Å². The average molecular weight is 329 g/mol. The van der Waals surface area contributed by atoms with Gasteiger partial charge in [0, 0.05) is 10.7 Å². The molecule has 6 heteroatoms. The lowest BCUT2D eigenvalue weighted by atomic mass is 10.2. The lowest BCUT2D eigenvalue weighted by Crippen LogP contribution is -2.15. The zero-order valence-corrected chi connectivity index (χ0v) is 12.7. The van der Waals surface area contributed by atoms with Crippen LogP contribution in [0.2, 0.25) is 0 Å². The first-order chi connectivity index (χ1) is 8.32. The van der Waals surface area contributed by atoms with E-state index < -0.39 is 10.0 Å². The number of hydrogen-bond acceptors (Lipinski definition) is 3. The van der Waals surface area contributed by atoms with Gasteiger partial charge in [0.1, 0.15) is 0 Å². The van der Waals surface area contributed by atoms with E-state index in [4.69, 9.17) is 0 Å². The van der Waals surface area contributed by atoms with Crippen LogP contribution in [0, 0.1) is 20.8 Å². The number of nitrogens with zero attached hydrogens (tertiary/aromatic N) is 2. The molecule has 1 aromatic heterocycles. The number of aromatic nitrogens is 2. The smallest absolute Gasteiger partial charge is 0.199 e. The molecule has 0 aliphatic rings. The van der Waals surface area contributed by atoms with E-state index in [9.17, 15) is 8.42 Å². The summed E-state index contributed by atoms with van der Waals surface area (Å²) in [7, 11) is -3.60. The molecule has 0 spiro atoms. The number of hydrogen-bond donors (Lipinski definition) is 0. The fourth-order valence-electron chi connectivity index (χ4n) is 1.66. The quantitative estimate of drug-likeness (QED) is 0.851. The number of aryl methyl sites for hydroxylation is 3. The van der Waals surface area contributed by atoms with Crippen molar-refractivity contribution in [2.24, 2.45) is 0 Å². The summed E-state index contributed by atoms with van der Waals surface area (Å²) in [6.45, 7) is 5.38. The zero-order chi connectivity index (χ0) is 13.5. The lowest BCUT2D eigenvalue weighted by Gasteiger charge is -2.10. The molecule has 4 nitrogen and oxygen atoms in total. The van der Waals surface area contributed by atoms with Crippen LogP contribution in [-0.2, 0) is 10.0 Å². The summed E-state index contributed by atoms with van der Waals surface area (Å²) in [5.74, 6) is 0. The molecule has 0 aliphatic heterocycles. The van der Waals surface area contributed by atoms with E-state index in [0.717, 1.165) is 14.1 Å². The Morgan fingerprint density at radius 2 is 1.83 bits per heavy atom. The van der Waals surface area contributed by atoms with Crippen LogP contribution in [0.15, 0.2) is 33.8 Å². The Hall–Kier alpha value is -1.14. The van der Waals surface area contributed by atoms with Crippen molar-refractivity contribution in [1.82, 2.24) is 9.19 Å². The van der Waals surface area contributed by atoms with Crippen molar-refractivity contribution in [3.63, 3.8) is 0 Å². The highest BCUT2D eigenvalue weighted by Gasteiger charge is 2.21. The van der Waals surface area contributed by atoms with Gasteiger partial charge in [0.25, 0.3) is 10.0 Å².